The zero-order valence-corrected chi connectivity index (χ0v) is 20.5. The zero-order valence-electron chi connectivity index (χ0n) is 18.1. The van der Waals surface area contributed by atoms with Crippen molar-refractivity contribution in [2.24, 2.45) is 4.99 Å². The third-order valence-corrected chi connectivity index (χ3v) is 4.55. The summed E-state index contributed by atoms with van der Waals surface area (Å²) in [5.74, 6) is 1.82. The predicted molar refractivity (Wildman–Crippen MR) is 131 cm³/mol. The summed E-state index contributed by atoms with van der Waals surface area (Å²) in [5.41, 5.74) is 1.31. The largest absolute Gasteiger partial charge is 0.497 e. The van der Waals surface area contributed by atoms with Crippen molar-refractivity contribution in [3.63, 3.8) is 0 Å². The Balaban J connectivity index is 0.00000392. The number of piperazine rings is 1. The SMILES string of the molecule is CCNC(=NCCCN1CCN(c2ccc(OC)cc2)CC1)NC(C)(C)C.I. The van der Waals surface area contributed by atoms with Crippen molar-refractivity contribution >= 4 is 35.6 Å². The molecule has 1 aliphatic rings. The molecule has 1 aromatic carbocycles. The number of guanidine groups is 1. The fourth-order valence-electron chi connectivity index (χ4n) is 3.17. The summed E-state index contributed by atoms with van der Waals surface area (Å²) in [6, 6.07) is 8.36. The van der Waals surface area contributed by atoms with E-state index in [1.165, 1.54) is 5.69 Å². The summed E-state index contributed by atoms with van der Waals surface area (Å²) in [7, 11) is 1.71. The van der Waals surface area contributed by atoms with Crippen molar-refractivity contribution in [2.45, 2.75) is 39.7 Å². The van der Waals surface area contributed by atoms with Crippen molar-refractivity contribution in [2.75, 3.05) is 57.8 Å². The highest BCUT2D eigenvalue weighted by Crippen LogP contribution is 2.20. The van der Waals surface area contributed by atoms with E-state index in [9.17, 15) is 0 Å². The molecule has 1 aromatic rings. The van der Waals surface area contributed by atoms with Crippen molar-refractivity contribution in [1.29, 1.82) is 0 Å². The maximum Gasteiger partial charge on any atom is 0.191 e. The number of ether oxygens (including phenoxy) is 1. The van der Waals surface area contributed by atoms with Crippen LogP contribution in [0.3, 0.4) is 0 Å². The molecule has 0 bridgehead atoms. The minimum atomic E-state index is 0. The fraction of sp³-hybridized carbons (Fsp3) is 0.667. The van der Waals surface area contributed by atoms with Gasteiger partial charge in [0.1, 0.15) is 5.75 Å². The van der Waals surface area contributed by atoms with Gasteiger partial charge in [-0.3, -0.25) is 9.89 Å². The Hall–Kier alpha value is -1.22. The van der Waals surface area contributed by atoms with E-state index in [2.05, 4.69) is 60.3 Å². The normalized spacial score (nSPS) is 15.8. The molecule has 0 atom stereocenters. The van der Waals surface area contributed by atoms with Gasteiger partial charge in [0.05, 0.1) is 7.11 Å². The maximum atomic E-state index is 5.24. The Bertz CT molecular complexity index is 577. The summed E-state index contributed by atoms with van der Waals surface area (Å²) in [5, 5.41) is 6.76. The Morgan fingerprint density at radius 2 is 1.75 bits per heavy atom. The van der Waals surface area contributed by atoms with E-state index in [0.29, 0.717) is 0 Å². The van der Waals surface area contributed by atoms with Crippen LogP contribution in [0.25, 0.3) is 0 Å². The first-order chi connectivity index (χ1) is 12.9. The van der Waals surface area contributed by atoms with Gasteiger partial charge in [0, 0.05) is 57.0 Å². The highest BCUT2D eigenvalue weighted by Gasteiger charge is 2.17. The van der Waals surface area contributed by atoms with E-state index in [1.54, 1.807) is 7.11 Å². The van der Waals surface area contributed by atoms with Crippen LogP contribution in [0.2, 0.25) is 0 Å². The highest BCUT2D eigenvalue weighted by molar-refractivity contribution is 14.0. The lowest BCUT2D eigenvalue weighted by molar-refractivity contribution is 0.256. The first-order valence-electron chi connectivity index (χ1n) is 10.1. The van der Waals surface area contributed by atoms with E-state index in [-0.39, 0.29) is 29.5 Å². The number of halogens is 1. The molecule has 0 aromatic heterocycles. The molecule has 0 amide bonds. The minimum Gasteiger partial charge on any atom is -0.497 e. The van der Waals surface area contributed by atoms with Crippen LogP contribution < -0.4 is 20.3 Å². The number of nitrogens with one attached hydrogen (secondary N) is 2. The fourth-order valence-corrected chi connectivity index (χ4v) is 3.17. The molecule has 28 heavy (non-hydrogen) atoms. The van der Waals surface area contributed by atoms with Gasteiger partial charge in [-0.15, -0.1) is 24.0 Å². The lowest BCUT2D eigenvalue weighted by Crippen LogP contribution is -2.48. The molecular formula is C21H38IN5O. The van der Waals surface area contributed by atoms with E-state index in [4.69, 9.17) is 9.73 Å². The number of benzene rings is 1. The molecule has 7 heteroatoms. The van der Waals surface area contributed by atoms with Gasteiger partial charge in [0.15, 0.2) is 5.96 Å². The second kappa shape index (κ2) is 12.4. The van der Waals surface area contributed by atoms with Gasteiger partial charge in [0.25, 0.3) is 0 Å². The van der Waals surface area contributed by atoms with Crippen molar-refractivity contribution in [3.05, 3.63) is 24.3 Å². The van der Waals surface area contributed by atoms with E-state index >= 15 is 0 Å². The van der Waals surface area contributed by atoms with Crippen LogP contribution >= 0.6 is 24.0 Å². The summed E-state index contributed by atoms with van der Waals surface area (Å²) in [6.07, 6.45) is 1.09. The Morgan fingerprint density at radius 1 is 1.11 bits per heavy atom. The molecule has 0 aliphatic carbocycles. The summed E-state index contributed by atoms with van der Waals surface area (Å²) >= 11 is 0. The molecule has 1 fully saturated rings. The first-order valence-corrected chi connectivity index (χ1v) is 10.1. The lowest BCUT2D eigenvalue weighted by atomic mass is 10.1. The van der Waals surface area contributed by atoms with Gasteiger partial charge in [-0.2, -0.15) is 0 Å². The van der Waals surface area contributed by atoms with Crippen LogP contribution in [0, 0.1) is 0 Å². The molecule has 0 saturated carbocycles. The van der Waals surface area contributed by atoms with Crippen LogP contribution in [-0.2, 0) is 0 Å². The maximum absolute atomic E-state index is 5.24. The summed E-state index contributed by atoms with van der Waals surface area (Å²) in [6.45, 7) is 15.8. The molecule has 2 N–H and O–H groups in total. The highest BCUT2D eigenvalue weighted by atomic mass is 127. The minimum absolute atomic E-state index is 0. The topological polar surface area (TPSA) is 52.1 Å². The number of nitrogens with zero attached hydrogens (tertiary/aromatic N) is 3. The smallest absolute Gasteiger partial charge is 0.191 e. The van der Waals surface area contributed by atoms with Gasteiger partial charge in [-0.25, -0.2) is 0 Å². The monoisotopic (exact) mass is 503 g/mol. The predicted octanol–water partition coefficient (Wildman–Crippen LogP) is 3.18. The van der Waals surface area contributed by atoms with Crippen LogP contribution in [0.1, 0.15) is 34.1 Å². The number of anilines is 1. The van der Waals surface area contributed by atoms with E-state index < -0.39 is 0 Å². The van der Waals surface area contributed by atoms with Crippen molar-refractivity contribution in [1.82, 2.24) is 15.5 Å². The molecule has 160 valence electrons. The molecule has 1 heterocycles. The number of hydrogen-bond donors (Lipinski definition) is 2. The average Bonchev–Trinajstić information content (AvgIpc) is 2.65. The molecule has 0 unspecified atom stereocenters. The standard InChI is InChI=1S/C21H37N5O.HI/c1-6-22-20(24-21(2,3)4)23-12-7-13-25-14-16-26(17-15-25)18-8-10-19(27-5)11-9-18;/h8-11H,6-7,12-17H2,1-5H3,(H2,22,23,24);1H. The van der Waals surface area contributed by atoms with Gasteiger partial charge >= 0.3 is 0 Å². The number of aliphatic imine (C=N–C) groups is 1. The number of hydrogen-bond acceptors (Lipinski definition) is 4. The Morgan fingerprint density at radius 3 is 2.29 bits per heavy atom. The van der Waals surface area contributed by atoms with Gasteiger partial charge in [0.2, 0.25) is 0 Å². The molecular weight excluding hydrogens is 465 g/mol. The molecule has 0 radical (unpaired) electrons. The van der Waals surface area contributed by atoms with Gasteiger partial charge < -0.3 is 20.3 Å². The third-order valence-electron chi connectivity index (χ3n) is 4.55. The van der Waals surface area contributed by atoms with E-state index in [1.807, 2.05) is 12.1 Å². The first kappa shape index (κ1) is 24.8. The van der Waals surface area contributed by atoms with Crippen molar-refractivity contribution < 1.29 is 4.74 Å². The molecule has 0 spiro atoms. The molecule has 6 nitrogen and oxygen atoms in total. The van der Waals surface area contributed by atoms with Crippen LogP contribution in [0.15, 0.2) is 29.3 Å². The van der Waals surface area contributed by atoms with Crippen LogP contribution in [-0.4, -0.2) is 69.3 Å². The summed E-state index contributed by atoms with van der Waals surface area (Å²) in [4.78, 5) is 9.70. The zero-order chi connectivity index (χ0) is 19.7. The second-order valence-corrected chi connectivity index (χ2v) is 8.02. The third kappa shape index (κ3) is 8.86. The summed E-state index contributed by atoms with van der Waals surface area (Å²) < 4.78 is 5.24. The second-order valence-electron chi connectivity index (χ2n) is 8.02. The quantitative estimate of drug-likeness (QED) is 0.259. The molecule has 1 aliphatic heterocycles. The van der Waals surface area contributed by atoms with E-state index in [0.717, 1.165) is 63.9 Å². The van der Waals surface area contributed by atoms with Gasteiger partial charge in [-0.05, 0) is 58.4 Å². The van der Waals surface area contributed by atoms with Crippen LogP contribution in [0.5, 0.6) is 5.75 Å². The molecule has 1 saturated heterocycles. The Labute approximate surface area is 188 Å². The molecule has 2 rings (SSSR count). The van der Waals surface area contributed by atoms with Gasteiger partial charge in [-0.1, -0.05) is 0 Å². The van der Waals surface area contributed by atoms with Crippen molar-refractivity contribution in [3.8, 4) is 5.75 Å². The lowest BCUT2D eigenvalue weighted by Gasteiger charge is -2.36. The number of rotatable bonds is 7. The average molecular weight is 503 g/mol. The number of methoxy groups -OCH3 is 1. The van der Waals surface area contributed by atoms with Crippen LogP contribution in [0.4, 0.5) is 5.69 Å². The Kier molecular flexibility index (Phi) is 11.0.